The van der Waals surface area contributed by atoms with Crippen molar-refractivity contribution < 1.29 is 19.1 Å². The smallest absolute Gasteiger partial charge is 0.410 e. The van der Waals surface area contributed by atoms with Gasteiger partial charge < -0.3 is 14.4 Å². The number of hydrogen-bond donors (Lipinski definition) is 0. The summed E-state index contributed by atoms with van der Waals surface area (Å²) >= 11 is 0. The van der Waals surface area contributed by atoms with E-state index in [9.17, 15) is 9.59 Å². The molecule has 34 heavy (non-hydrogen) atoms. The number of fused-ring (bicyclic) bond motifs is 1. The van der Waals surface area contributed by atoms with Crippen molar-refractivity contribution in [2.24, 2.45) is 5.41 Å². The minimum absolute atomic E-state index is 0.191. The molecule has 0 radical (unpaired) electrons. The summed E-state index contributed by atoms with van der Waals surface area (Å²) in [6.07, 6.45) is 5.49. The van der Waals surface area contributed by atoms with Gasteiger partial charge in [-0.2, -0.15) is 0 Å². The lowest BCUT2D eigenvalue weighted by atomic mass is 9.60. The molecule has 3 heterocycles. The van der Waals surface area contributed by atoms with Crippen LogP contribution in [0.15, 0.2) is 48.2 Å². The molecular formula is C27H31N3O4. The van der Waals surface area contributed by atoms with Crippen LogP contribution in [0.25, 0.3) is 6.08 Å². The van der Waals surface area contributed by atoms with Gasteiger partial charge in [0.05, 0.1) is 18.8 Å². The summed E-state index contributed by atoms with van der Waals surface area (Å²) in [7, 11) is 0. The molecule has 5 rings (SSSR count). The number of benzene rings is 1. The molecule has 178 valence electrons. The highest BCUT2D eigenvalue weighted by molar-refractivity contribution is 5.71. The maximum absolute atomic E-state index is 12.5. The summed E-state index contributed by atoms with van der Waals surface area (Å²) in [6, 6.07) is 11.8. The van der Waals surface area contributed by atoms with Crippen molar-refractivity contribution in [2.75, 3.05) is 13.1 Å². The normalized spacial score (nSPS) is 18.1. The summed E-state index contributed by atoms with van der Waals surface area (Å²) in [5.74, 6) is 0. The molecule has 7 heteroatoms. The number of carbonyl (C=O) groups excluding carboxylic acids is 2. The maximum atomic E-state index is 12.5. The fourth-order valence-corrected chi connectivity index (χ4v) is 5.05. The van der Waals surface area contributed by atoms with Gasteiger partial charge in [-0.15, -0.1) is 0 Å². The van der Waals surface area contributed by atoms with Gasteiger partial charge in [0.2, 0.25) is 0 Å². The topological polar surface area (TPSA) is 72.0 Å². The van der Waals surface area contributed by atoms with Crippen molar-refractivity contribution in [3.8, 4) is 0 Å². The molecule has 0 atom stereocenters. The van der Waals surface area contributed by atoms with Crippen molar-refractivity contribution in [3.05, 3.63) is 70.6 Å². The van der Waals surface area contributed by atoms with Gasteiger partial charge >= 0.3 is 12.2 Å². The van der Waals surface area contributed by atoms with Crippen LogP contribution >= 0.6 is 0 Å². The zero-order valence-electron chi connectivity index (χ0n) is 20.0. The van der Waals surface area contributed by atoms with Gasteiger partial charge in [-0.1, -0.05) is 42.0 Å². The highest BCUT2D eigenvalue weighted by atomic mass is 16.6. The number of nitrogens with zero attached hydrogens (tertiary/aromatic N) is 3. The minimum atomic E-state index is -0.519. The third kappa shape index (κ3) is 4.65. The first-order valence-corrected chi connectivity index (χ1v) is 11.8. The third-order valence-electron chi connectivity index (χ3n) is 6.60. The Kier molecular flexibility index (Phi) is 5.58. The van der Waals surface area contributed by atoms with E-state index >= 15 is 0 Å². The quantitative estimate of drug-likeness (QED) is 0.632. The Hall–Kier alpha value is -3.35. The molecule has 0 N–H and O–H groups in total. The van der Waals surface area contributed by atoms with Gasteiger partial charge in [0.15, 0.2) is 0 Å². The van der Waals surface area contributed by atoms with Crippen molar-refractivity contribution in [1.29, 1.82) is 0 Å². The lowest BCUT2D eigenvalue weighted by Crippen LogP contribution is -2.62. The van der Waals surface area contributed by atoms with Crippen LogP contribution in [0.5, 0.6) is 0 Å². The number of ether oxygens (including phenoxy) is 2. The number of amides is 2. The molecule has 2 aromatic rings. The van der Waals surface area contributed by atoms with E-state index in [1.54, 1.807) is 9.80 Å². The minimum Gasteiger partial charge on any atom is -0.445 e. The zero-order chi connectivity index (χ0) is 23.9. The van der Waals surface area contributed by atoms with Crippen LogP contribution in [0.2, 0.25) is 0 Å². The van der Waals surface area contributed by atoms with Crippen LogP contribution in [0.4, 0.5) is 9.59 Å². The van der Waals surface area contributed by atoms with Crippen molar-refractivity contribution in [1.82, 2.24) is 14.8 Å². The van der Waals surface area contributed by atoms with Gasteiger partial charge in [0.1, 0.15) is 12.2 Å². The second-order valence-corrected chi connectivity index (χ2v) is 10.7. The number of pyridine rings is 1. The third-order valence-corrected chi connectivity index (χ3v) is 6.60. The molecule has 2 fully saturated rings. The molecule has 1 spiro atoms. The molecule has 0 unspecified atom stereocenters. The number of likely N-dealkylation sites (tertiary alicyclic amines) is 1. The van der Waals surface area contributed by atoms with E-state index in [-0.39, 0.29) is 17.6 Å². The molecule has 7 nitrogen and oxygen atoms in total. The first-order chi connectivity index (χ1) is 16.2. The standard InChI is InChI=1S/C27H31N3O4/c1-26(2,3)34-25(32)29-14-22-21(9-10-28-23(22)15-29)11-20-12-27(13-20)17-30(18-27)24(31)33-16-19-7-5-4-6-8-19/h4-11H,12-18H2,1-3H3. The van der Waals surface area contributed by atoms with E-state index in [4.69, 9.17) is 9.47 Å². The average molecular weight is 462 g/mol. The molecule has 1 aromatic heterocycles. The van der Waals surface area contributed by atoms with Gasteiger partial charge in [-0.25, -0.2) is 9.59 Å². The predicted molar refractivity (Wildman–Crippen MR) is 128 cm³/mol. The average Bonchev–Trinajstić information content (AvgIpc) is 3.18. The van der Waals surface area contributed by atoms with Crippen LogP contribution in [-0.4, -0.2) is 45.7 Å². The highest BCUT2D eigenvalue weighted by Crippen LogP contribution is 2.52. The van der Waals surface area contributed by atoms with Crippen molar-refractivity contribution in [3.63, 3.8) is 0 Å². The van der Waals surface area contributed by atoms with Crippen LogP contribution in [0.3, 0.4) is 0 Å². The number of hydrogen-bond acceptors (Lipinski definition) is 5. The van der Waals surface area contributed by atoms with Crippen molar-refractivity contribution in [2.45, 2.75) is 58.9 Å². The predicted octanol–water partition coefficient (Wildman–Crippen LogP) is 5.15. The van der Waals surface area contributed by atoms with E-state index in [1.807, 2.05) is 63.4 Å². The maximum Gasteiger partial charge on any atom is 0.410 e. The summed E-state index contributed by atoms with van der Waals surface area (Å²) in [4.78, 5) is 32.8. The van der Waals surface area contributed by atoms with Gasteiger partial charge in [-0.3, -0.25) is 9.88 Å². The first-order valence-electron chi connectivity index (χ1n) is 11.8. The van der Waals surface area contributed by atoms with Crippen molar-refractivity contribution >= 4 is 18.3 Å². The molecule has 1 saturated heterocycles. The number of allylic oxidation sites excluding steroid dienone is 1. The van der Waals surface area contributed by atoms with Crippen LogP contribution in [0, 0.1) is 5.41 Å². The second kappa shape index (κ2) is 8.46. The summed E-state index contributed by atoms with van der Waals surface area (Å²) in [5, 5.41) is 0. The van der Waals surface area contributed by atoms with Gasteiger partial charge in [0, 0.05) is 30.3 Å². The van der Waals surface area contributed by atoms with Crippen LogP contribution in [-0.2, 0) is 29.2 Å². The summed E-state index contributed by atoms with van der Waals surface area (Å²) in [6.45, 7) is 8.42. The highest BCUT2D eigenvalue weighted by Gasteiger charge is 2.52. The molecule has 3 aliphatic rings. The summed E-state index contributed by atoms with van der Waals surface area (Å²) in [5.41, 5.74) is 5.20. The molecule has 1 aromatic carbocycles. The van der Waals surface area contributed by atoms with E-state index in [1.165, 1.54) is 5.57 Å². The Labute approximate surface area is 200 Å². The van der Waals surface area contributed by atoms with E-state index in [2.05, 4.69) is 11.1 Å². The Balaban J connectivity index is 1.14. The Morgan fingerprint density at radius 2 is 1.76 bits per heavy atom. The molecule has 1 aliphatic carbocycles. The molecule has 0 bridgehead atoms. The Morgan fingerprint density at radius 3 is 2.47 bits per heavy atom. The molecule has 1 saturated carbocycles. The van der Waals surface area contributed by atoms with Crippen LogP contribution in [0.1, 0.15) is 56.0 Å². The lowest BCUT2D eigenvalue weighted by molar-refractivity contribution is -0.0285. The number of rotatable bonds is 3. The largest absolute Gasteiger partial charge is 0.445 e. The molecule has 2 amide bonds. The zero-order valence-corrected chi connectivity index (χ0v) is 20.0. The van der Waals surface area contributed by atoms with E-state index in [0.29, 0.717) is 19.7 Å². The number of carbonyl (C=O) groups is 2. The summed E-state index contributed by atoms with van der Waals surface area (Å²) < 4.78 is 11.0. The molecular weight excluding hydrogens is 430 g/mol. The fraction of sp³-hybridized carbons (Fsp3) is 0.444. The number of aromatic nitrogens is 1. The van der Waals surface area contributed by atoms with E-state index < -0.39 is 5.60 Å². The fourth-order valence-electron chi connectivity index (χ4n) is 5.05. The monoisotopic (exact) mass is 461 g/mol. The van der Waals surface area contributed by atoms with Gasteiger partial charge in [0.25, 0.3) is 0 Å². The Bertz CT molecular complexity index is 1120. The Morgan fingerprint density at radius 1 is 1.03 bits per heavy atom. The lowest BCUT2D eigenvalue weighted by Gasteiger charge is -2.56. The SMILES string of the molecule is CC(C)(C)OC(=O)N1Cc2nccc(C=C3CC4(C3)CN(C(=O)OCc3ccccc3)C4)c2C1. The first kappa shape index (κ1) is 22.4. The second-order valence-electron chi connectivity index (χ2n) is 10.7. The van der Waals surface area contributed by atoms with E-state index in [0.717, 1.165) is 48.3 Å². The molecule has 2 aliphatic heterocycles. The van der Waals surface area contributed by atoms with Gasteiger partial charge in [-0.05, 0) is 50.8 Å². The van der Waals surface area contributed by atoms with Crippen LogP contribution < -0.4 is 0 Å².